The smallest absolute Gasteiger partial charge is 0.224 e. The highest BCUT2D eigenvalue weighted by Crippen LogP contribution is 2.32. The van der Waals surface area contributed by atoms with E-state index in [1.807, 2.05) is 32.0 Å². The lowest BCUT2D eigenvalue weighted by molar-refractivity contribution is -0.130. The number of aliphatic hydroxyl groups is 1. The third-order valence-corrected chi connectivity index (χ3v) is 7.50. The predicted octanol–water partition coefficient (Wildman–Crippen LogP) is 3.29. The molecule has 9 nitrogen and oxygen atoms in total. The zero-order chi connectivity index (χ0) is 29.8. The van der Waals surface area contributed by atoms with Crippen molar-refractivity contribution in [2.75, 3.05) is 34.0 Å². The van der Waals surface area contributed by atoms with Crippen LogP contribution in [0.5, 0.6) is 11.5 Å². The number of methoxy groups -OCH3 is 2. The number of aliphatic hydroxyl groups excluding tert-OH is 1. The first kappa shape index (κ1) is 34.7. The number of benzene rings is 1. The molecule has 1 aromatic rings. The highest BCUT2D eigenvalue weighted by atomic mass is 16.5. The summed E-state index contributed by atoms with van der Waals surface area (Å²) in [5.74, 6) is 0.792. The van der Waals surface area contributed by atoms with Crippen molar-refractivity contribution in [2.24, 2.45) is 40.6 Å². The van der Waals surface area contributed by atoms with E-state index >= 15 is 0 Å². The largest absolute Gasteiger partial charge is 0.493 e. The van der Waals surface area contributed by atoms with Crippen LogP contribution in [0.1, 0.15) is 66.4 Å². The molecule has 1 aromatic carbocycles. The molecule has 0 radical (unpaired) electrons. The minimum absolute atomic E-state index is 0.00829. The van der Waals surface area contributed by atoms with Gasteiger partial charge >= 0.3 is 0 Å². The molecule has 0 fully saturated rings. The van der Waals surface area contributed by atoms with Crippen LogP contribution in [-0.4, -0.2) is 63.0 Å². The van der Waals surface area contributed by atoms with Crippen molar-refractivity contribution >= 4 is 11.8 Å². The van der Waals surface area contributed by atoms with Gasteiger partial charge in [-0.15, -0.1) is 0 Å². The maximum Gasteiger partial charge on any atom is 0.224 e. The Morgan fingerprint density at radius 2 is 1.69 bits per heavy atom. The number of hydrogen-bond acceptors (Lipinski definition) is 7. The maximum absolute atomic E-state index is 12.9. The summed E-state index contributed by atoms with van der Waals surface area (Å²) in [6.45, 7) is 12.9. The van der Waals surface area contributed by atoms with E-state index in [1.54, 1.807) is 28.1 Å². The van der Waals surface area contributed by atoms with Crippen molar-refractivity contribution in [3.8, 4) is 11.5 Å². The Hall–Kier alpha value is -2.36. The molecule has 39 heavy (non-hydrogen) atoms. The summed E-state index contributed by atoms with van der Waals surface area (Å²) >= 11 is 0. The number of hydrogen-bond donors (Lipinski definition) is 4. The maximum atomic E-state index is 12.9. The molecule has 0 aromatic heterocycles. The van der Waals surface area contributed by atoms with Gasteiger partial charge in [0, 0.05) is 38.6 Å². The average molecular weight is 552 g/mol. The topological polar surface area (TPSA) is 146 Å². The Balaban J connectivity index is 2.87. The van der Waals surface area contributed by atoms with Gasteiger partial charge in [-0.05, 0) is 68.6 Å². The Bertz CT molecular complexity index is 889. The van der Waals surface area contributed by atoms with Crippen LogP contribution in [0.3, 0.4) is 0 Å². The third kappa shape index (κ3) is 11.7. The number of amides is 2. The van der Waals surface area contributed by atoms with Gasteiger partial charge in [-0.2, -0.15) is 0 Å². The van der Waals surface area contributed by atoms with Crippen molar-refractivity contribution in [2.45, 2.75) is 79.4 Å². The number of primary amides is 1. The fourth-order valence-corrected chi connectivity index (χ4v) is 4.39. The Labute approximate surface area is 235 Å². The summed E-state index contributed by atoms with van der Waals surface area (Å²) in [6, 6.07) is 5.47. The normalized spacial score (nSPS) is 15.1. The Morgan fingerprint density at radius 3 is 2.23 bits per heavy atom. The number of nitrogens with one attached hydrogen (secondary N) is 1. The van der Waals surface area contributed by atoms with E-state index in [0.29, 0.717) is 37.1 Å². The van der Waals surface area contributed by atoms with E-state index in [0.717, 1.165) is 18.4 Å². The average Bonchev–Trinajstić information content (AvgIpc) is 2.87. The lowest BCUT2D eigenvalue weighted by atomic mass is 9.80. The summed E-state index contributed by atoms with van der Waals surface area (Å²) in [7, 11) is 3.29. The summed E-state index contributed by atoms with van der Waals surface area (Å²) in [6.07, 6.45) is 1.56. The lowest BCUT2D eigenvalue weighted by Crippen LogP contribution is -2.46. The van der Waals surface area contributed by atoms with E-state index < -0.39 is 29.4 Å². The van der Waals surface area contributed by atoms with E-state index in [-0.39, 0.29) is 30.7 Å². The monoisotopic (exact) mass is 551 g/mol. The molecular weight excluding hydrogens is 498 g/mol. The molecule has 0 aliphatic carbocycles. The SMILES string of the molecule is COCCCOc1cc(C[C@@H](C[C@H](N)[C@H](O)C[C@H](C(=O)NCC(C)(C)C(N)=O)C(C)C)C(C)C)ccc1OC. The number of carbonyl (C=O) groups excluding carboxylic acids is 2. The molecule has 0 aliphatic rings. The summed E-state index contributed by atoms with van der Waals surface area (Å²) in [4.78, 5) is 24.5. The van der Waals surface area contributed by atoms with Crippen LogP contribution in [0.2, 0.25) is 0 Å². The second-order valence-corrected chi connectivity index (χ2v) is 11.9. The molecule has 1 rings (SSSR count). The zero-order valence-electron chi connectivity index (χ0n) is 25.3. The van der Waals surface area contributed by atoms with Crippen LogP contribution >= 0.6 is 0 Å². The number of ether oxygens (including phenoxy) is 3. The van der Waals surface area contributed by atoms with Gasteiger partial charge in [0.1, 0.15) is 0 Å². The van der Waals surface area contributed by atoms with Crippen LogP contribution < -0.4 is 26.3 Å². The summed E-state index contributed by atoms with van der Waals surface area (Å²) < 4.78 is 16.5. The third-order valence-electron chi connectivity index (χ3n) is 7.50. The van der Waals surface area contributed by atoms with Gasteiger partial charge in [0.15, 0.2) is 11.5 Å². The summed E-state index contributed by atoms with van der Waals surface area (Å²) in [5.41, 5.74) is 12.2. The van der Waals surface area contributed by atoms with E-state index in [2.05, 4.69) is 19.2 Å². The van der Waals surface area contributed by atoms with Crippen LogP contribution in [0.15, 0.2) is 18.2 Å². The fourth-order valence-electron chi connectivity index (χ4n) is 4.39. The second-order valence-electron chi connectivity index (χ2n) is 11.9. The van der Waals surface area contributed by atoms with Gasteiger partial charge in [-0.3, -0.25) is 9.59 Å². The Kier molecular flexibility index (Phi) is 14.8. The van der Waals surface area contributed by atoms with Crippen LogP contribution in [0.4, 0.5) is 0 Å². The molecule has 4 atom stereocenters. The van der Waals surface area contributed by atoms with Crippen LogP contribution in [-0.2, 0) is 20.7 Å². The predicted molar refractivity (Wildman–Crippen MR) is 155 cm³/mol. The molecule has 0 heterocycles. The minimum atomic E-state index is -0.854. The molecule has 2 amide bonds. The first-order valence-electron chi connectivity index (χ1n) is 14.0. The van der Waals surface area contributed by atoms with Crippen molar-refractivity contribution in [1.82, 2.24) is 5.32 Å². The van der Waals surface area contributed by atoms with Crippen molar-refractivity contribution < 1.29 is 28.9 Å². The zero-order valence-corrected chi connectivity index (χ0v) is 25.3. The van der Waals surface area contributed by atoms with Crippen molar-refractivity contribution in [3.63, 3.8) is 0 Å². The minimum Gasteiger partial charge on any atom is -0.493 e. The first-order valence-corrected chi connectivity index (χ1v) is 14.0. The van der Waals surface area contributed by atoms with Crippen LogP contribution in [0.25, 0.3) is 0 Å². The molecule has 224 valence electrons. The Morgan fingerprint density at radius 1 is 1.03 bits per heavy atom. The molecule has 0 bridgehead atoms. The number of rotatable bonds is 19. The number of nitrogens with two attached hydrogens (primary N) is 2. The van der Waals surface area contributed by atoms with Gasteiger partial charge in [0.2, 0.25) is 11.8 Å². The van der Waals surface area contributed by atoms with E-state index in [9.17, 15) is 14.7 Å². The molecule has 0 aliphatic heterocycles. The molecule has 0 spiro atoms. The first-order chi connectivity index (χ1) is 18.2. The fraction of sp³-hybridized carbons (Fsp3) is 0.733. The van der Waals surface area contributed by atoms with Crippen molar-refractivity contribution in [3.05, 3.63) is 23.8 Å². The molecular formula is C30H53N3O6. The van der Waals surface area contributed by atoms with Gasteiger partial charge in [-0.1, -0.05) is 33.8 Å². The molecule has 6 N–H and O–H groups in total. The standard InChI is InChI=1S/C30H53N3O6/c1-19(2)22(14-21-10-11-26(38-8)27(15-21)39-13-9-12-37-7)16-24(31)25(34)17-23(20(3)4)28(35)33-18-30(5,6)29(32)36/h10-11,15,19-20,22-25,34H,9,12-14,16-18,31H2,1-8H3,(H2,32,36)(H,33,35)/t22-,23-,24-,25+/m0/s1. The lowest BCUT2D eigenvalue weighted by Gasteiger charge is -2.30. The van der Waals surface area contributed by atoms with Crippen LogP contribution in [0, 0.1) is 29.1 Å². The van der Waals surface area contributed by atoms with Crippen molar-refractivity contribution in [1.29, 1.82) is 0 Å². The summed E-state index contributed by atoms with van der Waals surface area (Å²) in [5, 5.41) is 13.9. The van der Waals surface area contributed by atoms with E-state index in [4.69, 9.17) is 25.7 Å². The van der Waals surface area contributed by atoms with E-state index in [1.165, 1.54) is 0 Å². The van der Waals surface area contributed by atoms with Gasteiger partial charge in [-0.25, -0.2) is 0 Å². The van der Waals surface area contributed by atoms with Gasteiger partial charge < -0.3 is 36.1 Å². The second kappa shape index (κ2) is 16.7. The molecule has 0 unspecified atom stereocenters. The quantitative estimate of drug-likeness (QED) is 0.193. The van der Waals surface area contributed by atoms with Gasteiger partial charge in [0.05, 0.1) is 25.2 Å². The highest BCUT2D eigenvalue weighted by Gasteiger charge is 2.32. The molecule has 9 heteroatoms. The molecule has 0 saturated carbocycles. The number of carbonyl (C=O) groups is 2. The highest BCUT2D eigenvalue weighted by molar-refractivity contribution is 5.83. The van der Waals surface area contributed by atoms with Gasteiger partial charge in [0.25, 0.3) is 0 Å². The molecule has 0 saturated heterocycles.